The molecule has 2 aromatic carbocycles. The number of ether oxygens (including phenoxy) is 2. The number of nitrogens with one attached hydrogen (secondary N) is 1. The third-order valence-corrected chi connectivity index (χ3v) is 6.42. The standard InChI is InChI=1S/C24H23ClFNO6/c25-19-6-5-18(7-20(19)26)33-11-21(29)27-24-12-23(13-24,14-24)8-17(28)10-32-9-15-1-3-16(4-2-15)22(30)31/h1-7H,8-14H2,(H,27,29)(H,30,31). The maximum atomic E-state index is 13.4. The minimum Gasteiger partial charge on any atom is -0.484 e. The number of carboxylic acid groups (broad SMARTS) is 1. The molecule has 0 unspecified atom stereocenters. The number of amides is 1. The fraction of sp³-hybridized carbons (Fsp3) is 0.375. The van der Waals surface area contributed by atoms with Crippen LogP contribution in [0.25, 0.3) is 0 Å². The fourth-order valence-corrected chi connectivity index (χ4v) is 4.98. The highest BCUT2D eigenvalue weighted by molar-refractivity contribution is 6.30. The average Bonchev–Trinajstić information content (AvgIpc) is 2.72. The van der Waals surface area contributed by atoms with E-state index in [1.807, 2.05) is 0 Å². The molecule has 1 amide bonds. The Morgan fingerprint density at radius 3 is 2.39 bits per heavy atom. The van der Waals surface area contributed by atoms with Gasteiger partial charge in [0.1, 0.15) is 18.2 Å². The summed E-state index contributed by atoms with van der Waals surface area (Å²) in [6.45, 7) is -0.000523. The summed E-state index contributed by atoms with van der Waals surface area (Å²) in [6.07, 6.45) is 2.63. The molecule has 3 aliphatic carbocycles. The molecule has 9 heteroatoms. The number of carbonyl (C=O) groups is 3. The predicted octanol–water partition coefficient (Wildman–Crippen LogP) is 3.77. The van der Waals surface area contributed by atoms with Gasteiger partial charge in [-0.15, -0.1) is 0 Å². The lowest BCUT2D eigenvalue weighted by Crippen LogP contribution is -2.75. The first kappa shape index (κ1) is 23.2. The Morgan fingerprint density at radius 2 is 1.76 bits per heavy atom. The molecule has 7 nitrogen and oxygen atoms in total. The van der Waals surface area contributed by atoms with Gasteiger partial charge in [-0.1, -0.05) is 23.7 Å². The molecule has 33 heavy (non-hydrogen) atoms. The van der Waals surface area contributed by atoms with Gasteiger partial charge < -0.3 is 19.9 Å². The first-order valence-electron chi connectivity index (χ1n) is 10.5. The van der Waals surface area contributed by atoms with Crippen molar-refractivity contribution in [2.75, 3.05) is 13.2 Å². The highest BCUT2D eigenvalue weighted by Crippen LogP contribution is 2.68. The lowest BCUT2D eigenvalue weighted by molar-refractivity contribution is -0.174. The summed E-state index contributed by atoms with van der Waals surface area (Å²) < 4.78 is 24.2. The van der Waals surface area contributed by atoms with E-state index in [0.717, 1.165) is 30.9 Å². The van der Waals surface area contributed by atoms with Gasteiger partial charge in [0.05, 0.1) is 17.2 Å². The molecule has 0 radical (unpaired) electrons. The summed E-state index contributed by atoms with van der Waals surface area (Å²) in [6, 6.07) is 10.3. The van der Waals surface area contributed by atoms with Crippen molar-refractivity contribution < 1.29 is 33.4 Å². The van der Waals surface area contributed by atoms with E-state index >= 15 is 0 Å². The molecule has 0 aliphatic heterocycles. The third-order valence-electron chi connectivity index (χ3n) is 6.11. The number of halogens is 2. The molecular formula is C24H23ClFNO6. The molecule has 0 saturated heterocycles. The van der Waals surface area contributed by atoms with Crippen LogP contribution in [0.3, 0.4) is 0 Å². The number of ketones is 1. The number of carbonyl (C=O) groups excluding carboxylic acids is 2. The Hall–Kier alpha value is -2.97. The number of hydrogen-bond acceptors (Lipinski definition) is 5. The van der Waals surface area contributed by atoms with E-state index in [1.54, 1.807) is 12.1 Å². The van der Waals surface area contributed by atoms with Gasteiger partial charge in [-0.05, 0) is 54.5 Å². The van der Waals surface area contributed by atoms with Gasteiger partial charge in [0, 0.05) is 18.0 Å². The number of rotatable bonds is 11. The molecule has 0 spiro atoms. The second-order valence-electron chi connectivity index (χ2n) is 8.93. The number of carboxylic acids is 1. The highest BCUT2D eigenvalue weighted by atomic mass is 35.5. The molecule has 174 valence electrons. The Labute approximate surface area is 194 Å². The third kappa shape index (κ3) is 5.34. The van der Waals surface area contributed by atoms with E-state index in [2.05, 4.69) is 5.32 Å². The summed E-state index contributed by atoms with van der Waals surface area (Å²) in [7, 11) is 0. The van der Waals surface area contributed by atoms with Crippen molar-refractivity contribution in [3.8, 4) is 5.75 Å². The lowest BCUT2D eigenvalue weighted by Gasteiger charge is -2.70. The summed E-state index contributed by atoms with van der Waals surface area (Å²) >= 11 is 5.62. The van der Waals surface area contributed by atoms with Gasteiger partial charge in [-0.2, -0.15) is 0 Å². The van der Waals surface area contributed by atoms with Crippen molar-refractivity contribution in [1.29, 1.82) is 0 Å². The van der Waals surface area contributed by atoms with E-state index < -0.39 is 11.8 Å². The zero-order chi connectivity index (χ0) is 23.6. The largest absolute Gasteiger partial charge is 0.484 e. The number of benzene rings is 2. The fourth-order valence-electron chi connectivity index (χ4n) is 4.86. The maximum absolute atomic E-state index is 13.4. The summed E-state index contributed by atoms with van der Waals surface area (Å²) in [5.74, 6) is -1.66. The molecule has 3 fully saturated rings. The summed E-state index contributed by atoms with van der Waals surface area (Å²) in [4.78, 5) is 35.3. The smallest absolute Gasteiger partial charge is 0.335 e. The molecule has 0 aromatic heterocycles. The van der Waals surface area contributed by atoms with Gasteiger partial charge >= 0.3 is 5.97 Å². The predicted molar refractivity (Wildman–Crippen MR) is 117 cm³/mol. The van der Waals surface area contributed by atoms with Crippen LogP contribution in [0.2, 0.25) is 5.02 Å². The quantitative estimate of drug-likeness (QED) is 0.513. The van der Waals surface area contributed by atoms with Crippen molar-refractivity contribution >= 4 is 29.3 Å². The zero-order valence-electron chi connectivity index (χ0n) is 17.7. The van der Waals surface area contributed by atoms with Crippen molar-refractivity contribution in [3.05, 3.63) is 64.4 Å². The number of aromatic carboxylic acids is 1. The Morgan fingerprint density at radius 1 is 1.06 bits per heavy atom. The van der Waals surface area contributed by atoms with Gasteiger partial charge in [-0.3, -0.25) is 9.59 Å². The molecule has 2 aromatic rings. The van der Waals surface area contributed by atoms with Crippen molar-refractivity contribution in [3.63, 3.8) is 0 Å². The summed E-state index contributed by atoms with van der Waals surface area (Å²) in [5, 5.41) is 11.8. The molecule has 3 saturated carbocycles. The topological polar surface area (TPSA) is 102 Å². The van der Waals surface area contributed by atoms with E-state index in [9.17, 15) is 18.8 Å². The van der Waals surface area contributed by atoms with Crippen LogP contribution in [0.4, 0.5) is 4.39 Å². The maximum Gasteiger partial charge on any atom is 0.335 e. The van der Waals surface area contributed by atoms with Crippen molar-refractivity contribution in [2.45, 2.75) is 37.8 Å². The van der Waals surface area contributed by atoms with E-state index in [4.69, 9.17) is 26.2 Å². The molecule has 2 bridgehead atoms. The summed E-state index contributed by atoms with van der Waals surface area (Å²) in [5.41, 5.74) is 0.642. The monoisotopic (exact) mass is 475 g/mol. The van der Waals surface area contributed by atoms with Crippen LogP contribution in [0.15, 0.2) is 42.5 Å². The molecule has 0 atom stereocenters. The van der Waals surface area contributed by atoms with Gasteiger partial charge in [0.2, 0.25) is 0 Å². The Bertz CT molecular complexity index is 1070. The molecular weight excluding hydrogens is 453 g/mol. The molecule has 2 N–H and O–H groups in total. The van der Waals surface area contributed by atoms with E-state index in [1.165, 1.54) is 24.3 Å². The number of hydrogen-bond donors (Lipinski definition) is 2. The van der Waals surface area contributed by atoms with Crippen molar-refractivity contribution in [2.24, 2.45) is 5.41 Å². The van der Waals surface area contributed by atoms with Gasteiger partial charge in [0.25, 0.3) is 5.91 Å². The van der Waals surface area contributed by atoms with Crippen LogP contribution >= 0.6 is 11.6 Å². The first-order chi connectivity index (χ1) is 15.7. The SMILES string of the molecule is O=C(COCc1ccc(C(=O)O)cc1)CC12CC(NC(=O)COc3ccc(Cl)c(F)c3)(C1)C2. The van der Waals surface area contributed by atoms with Crippen LogP contribution in [0.1, 0.15) is 41.6 Å². The van der Waals surface area contributed by atoms with Crippen molar-refractivity contribution in [1.82, 2.24) is 5.32 Å². The minimum atomic E-state index is -0.991. The zero-order valence-corrected chi connectivity index (χ0v) is 18.5. The lowest BCUT2D eigenvalue weighted by atomic mass is 9.38. The Kier molecular flexibility index (Phi) is 6.41. The average molecular weight is 476 g/mol. The number of Topliss-reactive ketones (excluding diaryl/α,β-unsaturated/α-hetero) is 1. The van der Waals surface area contributed by atoms with Gasteiger partial charge in [0.15, 0.2) is 12.4 Å². The second-order valence-corrected chi connectivity index (χ2v) is 9.34. The van der Waals surface area contributed by atoms with Crippen LogP contribution in [-0.4, -0.2) is 41.5 Å². The first-order valence-corrected chi connectivity index (χ1v) is 10.9. The second kappa shape index (κ2) is 9.11. The van der Waals surface area contributed by atoms with Crippen LogP contribution in [0.5, 0.6) is 5.75 Å². The molecule has 5 rings (SSSR count). The highest BCUT2D eigenvalue weighted by Gasteiger charge is 2.68. The van der Waals surface area contributed by atoms with Crippen LogP contribution in [0, 0.1) is 11.2 Å². The molecule has 0 heterocycles. The normalized spacial score (nSPS) is 22.6. The van der Waals surface area contributed by atoms with Crippen LogP contribution in [-0.2, 0) is 20.9 Å². The van der Waals surface area contributed by atoms with E-state index in [-0.39, 0.29) is 58.8 Å². The van der Waals surface area contributed by atoms with Gasteiger partial charge in [-0.25, -0.2) is 9.18 Å². The Balaban J connectivity index is 1.13. The molecule has 3 aliphatic rings. The minimum absolute atomic E-state index is 0.00452. The van der Waals surface area contributed by atoms with E-state index in [0.29, 0.717) is 6.42 Å². The van der Waals surface area contributed by atoms with Crippen LogP contribution < -0.4 is 10.1 Å².